The van der Waals surface area contributed by atoms with Crippen LogP contribution in [0.5, 0.6) is 0 Å². The second kappa shape index (κ2) is 10.7. The van der Waals surface area contributed by atoms with E-state index in [1.807, 2.05) is 6.92 Å². The molecule has 1 unspecified atom stereocenters. The van der Waals surface area contributed by atoms with Gasteiger partial charge in [0.2, 0.25) is 0 Å². The first-order chi connectivity index (χ1) is 8.60. The Kier molecular flexibility index (Phi) is 9.90. The lowest BCUT2D eigenvalue weighted by atomic mass is 10.3. The lowest BCUT2D eigenvalue weighted by Gasteiger charge is -2.10. The fourth-order valence-electron chi connectivity index (χ4n) is 0.944. The van der Waals surface area contributed by atoms with Gasteiger partial charge < -0.3 is 19.3 Å². The van der Waals surface area contributed by atoms with E-state index in [9.17, 15) is 14.7 Å². The molecule has 0 saturated carbocycles. The minimum Gasteiger partial charge on any atom is -0.466 e. The summed E-state index contributed by atoms with van der Waals surface area (Å²) in [6.07, 6.45) is 2.97. The highest BCUT2D eigenvalue weighted by molar-refractivity contribution is 5.91. The summed E-state index contributed by atoms with van der Waals surface area (Å²) < 4.78 is 14.1. The second-order valence-corrected chi connectivity index (χ2v) is 3.57. The normalized spacial score (nSPS) is 12.4. The number of hydrogen-bond donors (Lipinski definition) is 1. The number of hydrogen-bond acceptors (Lipinski definition) is 6. The van der Waals surface area contributed by atoms with Crippen molar-refractivity contribution in [2.75, 3.05) is 26.9 Å². The zero-order valence-electron chi connectivity index (χ0n) is 10.8. The summed E-state index contributed by atoms with van der Waals surface area (Å²) in [4.78, 5) is 21.7. The SMILES string of the molecule is CCCCOCC(O)COC(=O)/C=C\C(=O)OC. The maximum Gasteiger partial charge on any atom is 0.331 e. The molecule has 0 aromatic heterocycles. The summed E-state index contributed by atoms with van der Waals surface area (Å²) in [5.74, 6) is -1.36. The fourth-order valence-corrected chi connectivity index (χ4v) is 0.944. The monoisotopic (exact) mass is 260 g/mol. The molecule has 0 aliphatic heterocycles. The van der Waals surface area contributed by atoms with Gasteiger partial charge in [0, 0.05) is 18.8 Å². The Hall–Kier alpha value is -1.40. The van der Waals surface area contributed by atoms with E-state index in [2.05, 4.69) is 4.74 Å². The maximum atomic E-state index is 11.1. The number of rotatable bonds is 9. The van der Waals surface area contributed by atoms with Gasteiger partial charge in [-0.3, -0.25) is 0 Å². The predicted molar refractivity (Wildman–Crippen MR) is 63.8 cm³/mol. The molecule has 0 aliphatic carbocycles. The average Bonchev–Trinajstić information content (AvgIpc) is 2.38. The summed E-state index contributed by atoms with van der Waals surface area (Å²) >= 11 is 0. The Morgan fingerprint density at radius 1 is 1.22 bits per heavy atom. The molecule has 1 N–H and O–H groups in total. The van der Waals surface area contributed by atoms with Crippen LogP contribution in [0.25, 0.3) is 0 Å². The molecule has 6 heteroatoms. The van der Waals surface area contributed by atoms with Gasteiger partial charge in [0.1, 0.15) is 12.7 Å². The van der Waals surface area contributed by atoms with Gasteiger partial charge >= 0.3 is 11.9 Å². The number of carbonyl (C=O) groups is 2. The van der Waals surface area contributed by atoms with Crippen LogP contribution >= 0.6 is 0 Å². The lowest BCUT2D eigenvalue weighted by molar-refractivity contribution is -0.142. The third-order valence-electron chi connectivity index (χ3n) is 1.93. The van der Waals surface area contributed by atoms with E-state index >= 15 is 0 Å². The minimum absolute atomic E-state index is 0.119. The van der Waals surface area contributed by atoms with Crippen molar-refractivity contribution in [2.45, 2.75) is 25.9 Å². The van der Waals surface area contributed by atoms with Crippen LogP contribution in [0.3, 0.4) is 0 Å². The van der Waals surface area contributed by atoms with Gasteiger partial charge in [0.25, 0.3) is 0 Å². The van der Waals surface area contributed by atoms with Crippen molar-refractivity contribution in [2.24, 2.45) is 0 Å². The van der Waals surface area contributed by atoms with Crippen LogP contribution in [0, 0.1) is 0 Å². The van der Waals surface area contributed by atoms with Crippen molar-refractivity contribution in [1.29, 1.82) is 0 Å². The summed E-state index contributed by atoms with van der Waals surface area (Å²) in [5, 5.41) is 9.40. The van der Waals surface area contributed by atoms with Crippen LogP contribution in [0.15, 0.2) is 12.2 Å². The smallest absolute Gasteiger partial charge is 0.331 e. The number of aliphatic hydroxyl groups excluding tert-OH is 1. The Labute approximate surface area is 107 Å². The molecule has 0 amide bonds. The maximum absolute atomic E-state index is 11.1. The first-order valence-corrected chi connectivity index (χ1v) is 5.78. The summed E-state index contributed by atoms with van der Waals surface area (Å²) in [7, 11) is 1.20. The van der Waals surface area contributed by atoms with E-state index in [1.54, 1.807) is 0 Å². The van der Waals surface area contributed by atoms with Crippen LogP contribution < -0.4 is 0 Å². The molecule has 0 rings (SSSR count). The Bertz CT molecular complexity index is 274. The molecule has 18 heavy (non-hydrogen) atoms. The lowest BCUT2D eigenvalue weighted by Crippen LogP contribution is -2.23. The van der Waals surface area contributed by atoms with Gasteiger partial charge in [-0.25, -0.2) is 9.59 Å². The van der Waals surface area contributed by atoms with E-state index in [0.29, 0.717) is 6.61 Å². The Morgan fingerprint density at radius 2 is 1.89 bits per heavy atom. The first kappa shape index (κ1) is 16.6. The highest BCUT2D eigenvalue weighted by Gasteiger charge is 2.07. The number of carbonyl (C=O) groups excluding carboxylic acids is 2. The molecule has 0 bridgehead atoms. The molecule has 0 aliphatic rings. The first-order valence-electron chi connectivity index (χ1n) is 5.78. The fraction of sp³-hybridized carbons (Fsp3) is 0.667. The zero-order valence-corrected chi connectivity index (χ0v) is 10.8. The average molecular weight is 260 g/mol. The summed E-state index contributed by atoms with van der Waals surface area (Å²) in [6.45, 7) is 2.56. The molecule has 0 heterocycles. The molecule has 0 aromatic rings. The van der Waals surface area contributed by atoms with Crippen LogP contribution in [-0.2, 0) is 23.8 Å². The van der Waals surface area contributed by atoms with Crippen molar-refractivity contribution in [3.8, 4) is 0 Å². The van der Waals surface area contributed by atoms with Gasteiger partial charge in [-0.1, -0.05) is 13.3 Å². The van der Waals surface area contributed by atoms with Crippen molar-refractivity contribution >= 4 is 11.9 Å². The van der Waals surface area contributed by atoms with Gasteiger partial charge in [-0.15, -0.1) is 0 Å². The summed E-state index contributed by atoms with van der Waals surface area (Å²) in [6, 6.07) is 0. The topological polar surface area (TPSA) is 82.1 Å². The molecule has 0 saturated heterocycles. The molecular formula is C12H20O6. The molecule has 0 radical (unpaired) electrons. The minimum atomic E-state index is -0.864. The van der Waals surface area contributed by atoms with E-state index in [0.717, 1.165) is 25.0 Å². The van der Waals surface area contributed by atoms with Crippen LogP contribution in [-0.4, -0.2) is 50.1 Å². The van der Waals surface area contributed by atoms with E-state index in [-0.39, 0.29) is 13.2 Å². The van der Waals surface area contributed by atoms with Crippen LogP contribution in [0.4, 0.5) is 0 Å². The van der Waals surface area contributed by atoms with Crippen LogP contribution in [0.1, 0.15) is 19.8 Å². The number of aliphatic hydroxyl groups is 1. The molecule has 1 atom stereocenters. The third-order valence-corrected chi connectivity index (χ3v) is 1.93. The summed E-state index contributed by atoms with van der Waals surface area (Å²) in [5.41, 5.74) is 0. The Balaban J connectivity index is 3.65. The van der Waals surface area contributed by atoms with Gasteiger partial charge in [0.05, 0.1) is 13.7 Å². The number of ether oxygens (including phenoxy) is 3. The predicted octanol–water partition coefficient (Wildman–Crippen LogP) is 0.436. The standard InChI is InChI=1S/C12H20O6/c1-3-4-7-17-8-10(13)9-18-12(15)6-5-11(14)16-2/h5-6,10,13H,3-4,7-9H2,1-2H3/b6-5-. The van der Waals surface area contributed by atoms with Crippen molar-refractivity contribution in [3.05, 3.63) is 12.2 Å². The second-order valence-electron chi connectivity index (χ2n) is 3.57. The molecular weight excluding hydrogens is 240 g/mol. The highest BCUT2D eigenvalue weighted by atomic mass is 16.5. The van der Waals surface area contributed by atoms with Crippen molar-refractivity contribution < 1.29 is 28.9 Å². The molecule has 6 nitrogen and oxygen atoms in total. The largest absolute Gasteiger partial charge is 0.466 e. The van der Waals surface area contributed by atoms with Crippen molar-refractivity contribution in [3.63, 3.8) is 0 Å². The zero-order chi connectivity index (χ0) is 13.8. The molecule has 0 fully saturated rings. The van der Waals surface area contributed by atoms with Gasteiger partial charge in [-0.05, 0) is 6.42 Å². The Morgan fingerprint density at radius 3 is 2.50 bits per heavy atom. The number of methoxy groups -OCH3 is 1. The van der Waals surface area contributed by atoms with Crippen LogP contribution in [0.2, 0.25) is 0 Å². The van der Waals surface area contributed by atoms with Gasteiger partial charge in [0.15, 0.2) is 0 Å². The third kappa shape index (κ3) is 9.80. The van der Waals surface area contributed by atoms with Crippen molar-refractivity contribution in [1.82, 2.24) is 0 Å². The molecule has 0 aromatic carbocycles. The van der Waals surface area contributed by atoms with E-state index in [1.165, 1.54) is 7.11 Å². The number of esters is 2. The van der Waals surface area contributed by atoms with E-state index < -0.39 is 18.0 Å². The van der Waals surface area contributed by atoms with Gasteiger partial charge in [-0.2, -0.15) is 0 Å². The molecule has 104 valence electrons. The highest BCUT2D eigenvalue weighted by Crippen LogP contribution is 1.93. The quantitative estimate of drug-likeness (QED) is 0.368. The van der Waals surface area contributed by atoms with E-state index in [4.69, 9.17) is 9.47 Å². The number of unbranched alkanes of at least 4 members (excludes halogenated alkanes) is 1. The molecule has 0 spiro atoms.